The van der Waals surface area contributed by atoms with Gasteiger partial charge in [0.25, 0.3) is 0 Å². The monoisotopic (exact) mass is 391 g/mol. The number of ether oxygens (including phenoxy) is 1. The number of piperidine rings is 2. The fourth-order valence-corrected chi connectivity index (χ4v) is 4.79. The summed E-state index contributed by atoms with van der Waals surface area (Å²) >= 11 is 0. The van der Waals surface area contributed by atoms with Gasteiger partial charge in [-0.2, -0.15) is 0 Å². The third kappa shape index (κ3) is 2.73. The number of carbonyl (C=O) groups is 2. The molecule has 2 bridgehead atoms. The second-order valence-corrected chi connectivity index (χ2v) is 9.24. The van der Waals surface area contributed by atoms with E-state index in [0.29, 0.717) is 56.1 Å². The normalized spacial score (nSPS) is 34.1. The molecule has 10 nitrogen and oxygen atoms in total. The number of hydroxylamine groups is 2. The lowest BCUT2D eigenvalue weighted by atomic mass is 10.0. The largest absolute Gasteiger partial charge is 0.444 e. The minimum Gasteiger partial charge on any atom is -0.444 e. The number of amides is 3. The Morgan fingerprint density at radius 1 is 1.14 bits per heavy atom. The fourth-order valence-electron chi connectivity index (χ4n) is 4.79. The summed E-state index contributed by atoms with van der Waals surface area (Å²) in [7, 11) is 0. The van der Waals surface area contributed by atoms with Crippen LogP contribution in [-0.2, 0) is 4.74 Å². The van der Waals surface area contributed by atoms with Crippen molar-refractivity contribution in [3.8, 4) is 0 Å². The minimum atomic E-state index is -0.499. The van der Waals surface area contributed by atoms with Gasteiger partial charge in [-0.15, -0.1) is 10.2 Å². The third-order valence-electron chi connectivity index (χ3n) is 6.22. The molecule has 28 heavy (non-hydrogen) atoms. The van der Waals surface area contributed by atoms with Gasteiger partial charge in [-0.3, -0.25) is 5.21 Å². The highest BCUT2D eigenvalue weighted by atomic mass is 16.6. The molecular formula is C18H25N5O5. The Labute approximate surface area is 162 Å². The highest BCUT2D eigenvalue weighted by molar-refractivity contribution is 5.76. The SMILES string of the molecule is CC(C)(C)OC(=O)N1C[C@@H]2C(c3nnc([C@@H]4CCC5CN4C(=O)N5O)o3)[C@@H]2C1. The molecule has 2 unspecified atom stereocenters. The van der Waals surface area contributed by atoms with Crippen LogP contribution in [-0.4, -0.2) is 73.7 Å². The van der Waals surface area contributed by atoms with Gasteiger partial charge < -0.3 is 19.0 Å². The van der Waals surface area contributed by atoms with Crippen molar-refractivity contribution >= 4 is 12.1 Å². The van der Waals surface area contributed by atoms with Crippen LogP contribution in [0.5, 0.6) is 0 Å². The summed E-state index contributed by atoms with van der Waals surface area (Å²) < 4.78 is 11.4. The van der Waals surface area contributed by atoms with E-state index >= 15 is 0 Å². The average Bonchev–Trinajstić information content (AvgIpc) is 3.01. The summed E-state index contributed by atoms with van der Waals surface area (Å²) in [5.74, 6) is 1.82. The number of hydrogen-bond acceptors (Lipinski definition) is 7. The van der Waals surface area contributed by atoms with Crippen molar-refractivity contribution in [1.29, 1.82) is 0 Å². The molecule has 1 aromatic heterocycles. The van der Waals surface area contributed by atoms with Crippen LogP contribution >= 0.6 is 0 Å². The number of likely N-dealkylation sites (tertiary alicyclic amines) is 1. The van der Waals surface area contributed by atoms with Crippen molar-refractivity contribution in [3.63, 3.8) is 0 Å². The first-order valence-corrected chi connectivity index (χ1v) is 9.83. The molecule has 5 atom stereocenters. The van der Waals surface area contributed by atoms with E-state index in [0.717, 1.165) is 5.06 Å². The Kier molecular flexibility index (Phi) is 3.68. The third-order valence-corrected chi connectivity index (χ3v) is 6.22. The predicted molar refractivity (Wildman–Crippen MR) is 93.3 cm³/mol. The van der Waals surface area contributed by atoms with Crippen molar-refractivity contribution in [3.05, 3.63) is 11.8 Å². The zero-order valence-electron chi connectivity index (χ0n) is 16.2. The van der Waals surface area contributed by atoms with Gasteiger partial charge in [0.2, 0.25) is 11.8 Å². The van der Waals surface area contributed by atoms with Crippen LogP contribution in [0.3, 0.4) is 0 Å². The van der Waals surface area contributed by atoms with E-state index in [1.54, 1.807) is 9.80 Å². The number of carbonyl (C=O) groups excluding carboxylic acids is 2. The zero-order valence-corrected chi connectivity index (χ0v) is 16.2. The van der Waals surface area contributed by atoms with Gasteiger partial charge >= 0.3 is 12.1 Å². The number of urea groups is 1. The standard InChI is InChI=1S/C18H25N5O5/c1-18(2,3)28-17(25)21-7-10-11(8-21)13(10)15-20-19-14(27-15)12-5-4-9-6-22(12)16(24)23(9)26/h9-13,26H,4-8H2,1-3H3/t9?,10-,11+,12-,13?/m0/s1. The van der Waals surface area contributed by atoms with E-state index in [9.17, 15) is 14.8 Å². The summed E-state index contributed by atoms with van der Waals surface area (Å²) in [4.78, 5) is 27.7. The quantitative estimate of drug-likeness (QED) is 0.767. The van der Waals surface area contributed by atoms with Crippen molar-refractivity contribution in [1.82, 2.24) is 25.1 Å². The second-order valence-electron chi connectivity index (χ2n) is 9.24. The maximum atomic E-state index is 12.2. The van der Waals surface area contributed by atoms with Gasteiger partial charge in [0.1, 0.15) is 11.6 Å². The summed E-state index contributed by atoms with van der Waals surface area (Å²) in [5.41, 5.74) is -0.499. The summed E-state index contributed by atoms with van der Waals surface area (Å²) in [6, 6.07) is -0.824. The molecule has 1 aliphatic carbocycles. The smallest absolute Gasteiger partial charge is 0.410 e. The number of nitrogens with zero attached hydrogens (tertiary/aromatic N) is 5. The van der Waals surface area contributed by atoms with Crippen molar-refractivity contribution in [2.75, 3.05) is 19.6 Å². The first kappa shape index (κ1) is 17.7. The topological polar surface area (TPSA) is 112 Å². The highest BCUT2D eigenvalue weighted by Gasteiger charge is 2.60. The number of rotatable bonds is 2. The Hall–Kier alpha value is -2.36. The molecule has 4 heterocycles. The minimum absolute atomic E-state index is 0.146. The molecule has 4 fully saturated rings. The molecule has 3 saturated heterocycles. The summed E-state index contributed by atoms with van der Waals surface area (Å²) in [6.45, 7) is 7.34. The molecule has 1 N–H and O–H groups in total. The number of hydrogen-bond donors (Lipinski definition) is 1. The van der Waals surface area contributed by atoms with Crippen molar-refractivity contribution in [2.45, 2.75) is 57.2 Å². The molecule has 0 radical (unpaired) electrons. The lowest BCUT2D eigenvalue weighted by Gasteiger charge is -2.27. The van der Waals surface area contributed by atoms with Crippen LogP contribution < -0.4 is 0 Å². The van der Waals surface area contributed by atoms with Crippen molar-refractivity contribution < 1.29 is 24.0 Å². The first-order valence-electron chi connectivity index (χ1n) is 9.83. The summed E-state index contributed by atoms with van der Waals surface area (Å²) in [6.07, 6.45) is 1.13. The van der Waals surface area contributed by atoms with Crippen LogP contribution in [0.25, 0.3) is 0 Å². The summed E-state index contributed by atoms with van der Waals surface area (Å²) in [5, 5.41) is 19.0. The Morgan fingerprint density at radius 2 is 1.82 bits per heavy atom. The molecule has 3 amide bonds. The van der Waals surface area contributed by atoms with Crippen LogP contribution in [0.4, 0.5) is 9.59 Å². The fraction of sp³-hybridized carbons (Fsp3) is 0.778. The highest BCUT2D eigenvalue weighted by Crippen LogP contribution is 2.58. The molecule has 0 spiro atoms. The van der Waals surface area contributed by atoms with Gasteiger partial charge in [0, 0.05) is 25.6 Å². The van der Waals surface area contributed by atoms with E-state index in [1.165, 1.54) is 0 Å². The molecule has 4 aliphatic rings. The second kappa shape index (κ2) is 5.82. The van der Waals surface area contributed by atoms with Gasteiger partial charge in [0.15, 0.2) is 0 Å². The van der Waals surface area contributed by atoms with E-state index in [2.05, 4.69) is 10.2 Å². The van der Waals surface area contributed by atoms with Gasteiger partial charge in [-0.05, 0) is 45.4 Å². The number of fused-ring (bicyclic) bond motifs is 3. The molecule has 1 aromatic rings. The molecule has 1 saturated carbocycles. The molecule has 152 valence electrons. The lowest BCUT2D eigenvalue weighted by Crippen LogP contribution is -2.36. The average molecular weight is 391 g/mol. The predicted octanol–water partition coefficient (Wildman–Crippen LogP) is 1.98. The maximum Gasteiger partial charge on any atom is 0.410 e. The Bertz CT molecular complexity index is 808. The molecule has 0 aromatic carbocycles. The van der Waals surface area contributed by atoms with Crippen LogP contribution in [0, 0.1) is 11.8 Å². The van der Waals surface area contributed by atoms with E-state index in [4.69, 9.17) is 9.15 Å². The van der Waals surface area contributed by atoms with Crippen LogP contribution in [0.1, 0.15) is 57.4 Å². The van der Waals surface area contributed by atoms with Crippen LogP contribution in [0.2, 0.25) is 0 Å². The maximum absolute atomic E-state index is 12.2. The van der Waals surface area contributed by atoms with E-state index in [-0.39, 0.29) is 24.1 Å². The first-order chi connectivity index (χ1) is 13.2. The Balaban J connectivity index is 1.23. The van der Waals surface area contributed by atoms with Gasteiger partial charge in [-0.1, -0.05) is 0 Å². The van der Waals surface area contributed by atoms with Gasteiger partial charge in [0.05, 0.1) is 6.04 Å². The van der Waals surface area contributed by atoms with E-state index < -0.39 is 11.6 Å². The number of aromatic nitrogens is 2. The molecular weight excluding hydrogens is 366 g/mol. The zero-order chi connectivity index (χ0) is 19.8. The van der Waals surface area contributed by atoms with E-state index in [1.807, 2.05) is 20.8 Å². The lowest BCUT2D eigenvalue weighted by molar-refractivity contribution is -0.0584. The molecule has 10 heteroatoms. The molecule has 3 aliphatic heterocycles. The van der Waals surface area contributed by atoms with Crippen molar-refractivity contribution in [2.24, 2.45) is 11.8 Å². The van der Waals surface area contributed by atoms with Gasteiger partial charge in [-0.25, -0.2) is 14.7 Å². The Morgan fingerprint density at radius 3 is 2.50 bits per heavy atom. The molecule has 5 rings (SSSR count). The van der Waals surface area contributed by atoms with Crippen LogP contribution in [0.15, 0.2) is 4.42 Å².